The summed E-state index contributed by atoms with van der Waals surface area (Å²) in [6, 6.07) is 7.36. The van der Waals surface area contributed by atoms with E-state index >= 15 is 0 Å². The number of sulfonamides is 1. The fourth-order valence-electron chi connectivity index (χ4n) is 3.63. The number of hydrogen-bond acceptors (Lipinski definition) is 4. The first-order valence-electron chi connectivity index (χ1n) is 9.49. The second-order valence-corrected chi connectivity index (χ2v) is 9.54. The van der Waals surface area contributed by atoms with Crippen LogP contribution in [0.4, 0.5) is 0 Å². The van der Waals surface area contributed by atoms with Gasteiger partial charge in [0.15, 0.2) is 0 Å². The molecule has 6 nitrogen and oxygen atoms in total. The fourth-order valence-corrected chi connectivity index (χ4v) is 5.10. The predicted molar refractivity (Wildman–Crippen MR) is 109 cm³/mol. The average Bonchev–Trinajstić information content (AvgIpc) is 3.15. The lowest BCUT2D eigenvalue weighted by molar-refractivity contribution is -0.126. The number of rotatable bonds is 5. The summed E-state index contributed by atoms with van der Waals surface area (Å²) in [5.41, 5.74) is 1.13. The first-order chi connectivity index (χ1) is 12.4. The lowest BCUT2D eigenvalue weighted by Crippen LogP contribution is -2.45. The van der Waals surface area contributed by atoms with Gasteiger partial charge in [0.05, 0.1) is 4.90 Å². The van der Waals surface area contributed by atoms with Crippen molar-refractivity contribution in [2.45, 2.75) is 50.0 Å². The van der Waals surface area contributed by atoms with Crippen LogP contribution in [-0.4, -0.2) is 50.9 Å². The molecule has 0 aromatic heterocycles. The summed E-state index contributed by atoms with van der Waals surface area (Å²) in [5, 5.41) is 6.32. The highest BCUT2D eigenvalue weighted by Crippen LogP contribution is 2.25. The molecule has 1 amide bonds. The van der Waals surface area contributed by atoms with Crippen molar-refractivity contribution in [3.63, 3.8) is 0 Å². The zero-order valence-electron chi connectivity index (χ0n) is 16.0. The molecule has 2 saturated heterocycles. The molecule has 0 bridgehead atoms. The Kier molecular flexibility index (Phi) is 7.68. The molecule has 0 saturated carbocycles. The third-order valence-electron chi connectivity index (χ3n) is 5.42. The molecule has 2 aliphatic heterocycles. The van der Waals surface area contributed by atoms with Crippen molar-refractivity contribution in [1.82, 2.24) is 14.9 Å². The van der Waals surface area contributed by atoms with Gasteiger partial charge in [-0.15, -0.1) is 12.4 Å². The van der Waals surface area contributed by atoms with Crippen LogP contribution < -0.4 is 10.6 Å². The Morgan fingerprint density at radius 3 is 2.30 bits per heavy atom. The number of carbonyl (C=O) groups excluding carboxylic acids is 1. The molecule has 2 heterocycles. The Balaban J connectivity index is 0.00000261. The Labute approximate surface area is 168 Å². The Morgan fingerprint density at radius 2 is 1.78 bits per heavy atom. The lowest BCUT2D eigenvalue weighted by Gasteiger charge is -2.31. The second-order valence-electron chi connectivity index (χ2n) is 7.60. The van der Waals surface area contributed by atoms with Crippen LogP contribution in [-0.2, 0) is 14.8 Å². The molecule has 1 aromatic rings. The van der Waals surface area contributed by atoms with E-state index in [1.807, 2.05) is 12.1 Å². The van der Waals surface area contributed by atoms with Crippen LogP contribution in [0.3, 0.4) is 0 Å². The van der Waals surface area contributed by atoms with Crippen LogP contribution in [0, 0.1) is 5.92 Å². The number of piperidine rings is 1. The van der Waals surface area contributed by atoms with Crippen molar-refractivity contribution in [3.8, 4) is 0 Å². The molecule has 27 heavy (non-hydrogen) atoms. The van der Waals surface area contributed by atoms with Gasteiger partial charge in [0, 0.05) is 31.6 Å². The maximum absolute atomic E-state index is 12.8. The van der Waals surface area contributed by atoms with E-state index in [2.05, 4.69) is 24.5 Å². The van der Waals surface area contributed by atoms with Crippen molar-refractivity contribution < 1.29 is 13.2 Å². The van der Waals surface area contributed by atoms with Gasteiger partial charge in [0.2, 0.25) is 15.9 Å². The van der Waals surface area contributed by atoms with Crippen molar-refractivity contribution in [1.29, 1.82) is 0 Å². The normalized spacial score (nSPS) is 21.8. The number of amides is 1. The largest absolute Gasteiger partial charge is 0.352 e. The monoisotopic (exact) mass is 415 g/mol. The zero-order valence-corrected chi connectivity index (χ0v) is 17.6. The second kappa shape index (κ2) is 9.37. The highest BCUT2D eigenvalue weighted by atomic mass is 35.5. The van der Waals surface area contributed by atoms with E-state index in [9.17, 15) is 13.2 Å². The molecular formula is C19H30ClN3O3S. The Morgan fingerprint density at radius 1 is 1.15 bits per heavy atom. The molecule has 8 heteroatoms. The summed E-state index contributed by atoms with van der Waals surface area (Å²) in [5.74, 6) is 0.346. The van der Waals surface area contributed by atoms with Crippen molar-refractivity contribution in [3.05, 3.63) is 29.8 Å². The topological polar surface area (TPSA) is 78.5 Å². The van der Waals surface area contributed by atoms with Crippen LogP contribution in [0.1, 0.15) is 44.6 Å². The fraction of sp³-hybridized carbons (Fsp3) is 0.632. The average molecular weight is 416 g/mol. The van der Waals surface area contributed by atoms with E-state index in [1.165, 1.54) is 4.31 Å². The van der Waals surface area contributed by atoms with Gasteiger partial charge in [-0.2, -0.15) is 4.31 Å². The maximum atomic E-state index is 12.8. The molecule has 1 unspecified atom stereocenters. The van der Waals surface area contributed by atoms with E-state index in [-0.39, 0.29) is 30.3 Å². The number of nitrogens with one attached hydrogen (secondary N) is 2. The molecule has 0 aliphatic carbocycles. The maximum Gasteiger partial charge on any atom is 0.243 e. The van der Waals surface area contributed by atoms with Crippen LogP contribution >= 0.6 is 12.4 Å². The summed E-state index contributed by atoms with van der Waals surface area (Å²) < 4.78 is 27.2. The minimum absolute atomic E-state index is 0. The highest BCUT2D eigenvalue weighted by Gasteiger charge is 2.33. The van der Waals surface area contributed by atoms with Crippen LogP contribution in [0.5, 0.6) is 0 Å². The minimum Gasteiger partial charge on any atom is -0.352 e. The number of benzene rings is 1. The predicted octanol–water partition coefficient (Wildman–Crippen LogP) is 2.11. The molecule has 0 spiro atoms. The summed E-state index contributed by atoms with van der Waals surface area (Å²) in [4.78, 5) is 12.7. The SMILES string of the molecule is CC(C)c1ccc(S(=O)(=O)N2CCC(C(=O)NC3CCNC3)CC2)cc1.Cl. The number of carbonyl (C=O) groups is 1. The summed E-state index contributed by atoms with van der Waals surface area (Å²) in [6.07, 6.45) is 2.12. The quantitative estimate of drug-likeness (QED) is 0.772. The molecule has 152 valence electrons. The standard InChI is InChI=1S/C19H29N3O3S.ClH/c1-14(2)15-3-5-18(6-4-15)26(24,25)22-11-8-16(9-12-22)19(23)21-17-7-10-20-13-17;/h3-6,14,16-17,20H,7-13H2,1-2H3,(H,21,23);1H. The lowest BCUT2D eigenvalue weighted by atomic mass is 9.97. The molecule has 1 atom stereocenters. The highest BCUT2D eigenvalue weighted by molar-refractivity contribution is 7.89. The minimum atomic E-state index is -3.48. The van der Waals surface area contributed by atoms with Gasteiger partial charge in [-0.3, -0.25) is 4.79 Å². The summed E-state index contributed by atoms with van der Waals surface area (Å²) in [6.45, 7) is 6.73. The van der Waals surface area contributed by atoms with Crippen molar-refractivity contribution in [2.75, 3.05) is 26.2 Å². The molecule has 2 aliphatic rings. The Hall–Kier alpha value is -1.15. The van der Waals surface area contributed by atoms with E-state index < -0.39 is 10.0 Å². The molecule has 2 fully saturated rings. The third-order valence-corrected chi connectivity index (χ3v) is 7.33. The third kappa shape index (κ3) is 5.22. The zero-order chi connectivity index (χ0) is 18.7. The van der Waals surface area contributed by atoms with Gasteiger partial charge in [-0.1, -0.05) is 26.0 Å². The van der Waals surface area contributed by atoms with Gasteiger partial charge in [-0.05, 0) is 49.4 Å². The molecule has 1 aromatic carbocycles. The van der Waals surface area contributed by atoms with E-state index in [1.54, 1.807) is 12.1 Å². The van der Waals surface area contributed by atoms with Gasteiger partial charge in [0.1, 0.15) is 0 Å². The number of halogens is 1. The summed E-state index contributed by atoms with van der Waals surface area (Å²) >= 11 is 0. The van der Waals surface area contributed by atoms with Crippen molar-refractivity contribution in [2.24, 2.45) is 5.92 Å². The first kappa shape index (κ1) is 22.1. The number of nitrogens with zero attached hydrogens (tertiary/aromatic N) is 1. The summed E-state index contributed by atoms with van der Waals surface area (Å²) in [7, 11) is -3.48. The molecule has 2 N–H and O–H groups in total. The molecular weight excluding hydrogens is 386 g/mol. The smallest absolute Gasteiger partial charge is 0.243 e. The van der Waals surface area contributed by atoms with Crippen molar-refractivity contribution >= 4 is 28.3 Å². The molecule has 0 radical (unpaired) electrons. The van der Waals surface area contributed by atoms with Gasteiger partial charge >= 0.3 is 0 Å². The Bertz CT molecular complexity index is 723. The van der Waals surface area contributed by atoms with Crippen LogP contribution in [0.15, 0.2) is 29.2 Å². The van der Waals surface area contributed by atoms with Gasteiger partial charge in [-0.25, -0.2) is 8.42 Å². The van der Waals surface area contributed by atoms with Gasteiger partial charge < -0.3 is 10.6 Å². The molecule has 3 rings (SSSR count). The van der Waals surface area contributed by atoms with E-state index in [0.717, 1.165) is 25.1 Å². The van der Waals surface area contributed by atoms with Gasteiger partial charge in [0.25, 0.3) is 0 Å². The van der Waals surface area contributed by atoms with E-state index in [4.69, 9.17) is 0 Å². The number of hydrogen-bond donors (Lipinski definition) is 2. The van der Waals surface area contributed by atoms with Crippen LogP contribution in [0.2, 0.25) is 0 Å². The first-order valence-corrected chi connectivity index (χ1v) is 10.9. The van der Waals surface area contributed by atoms with Crippen LogP contribution in [0.25, 0.3) is 0 Å². The van der Waals surface area contributed by atoms with E-state index in [0.29, 0.717) is 36.7 Å².